The van der Waals surface area contributed by atoms with Gasteiger partial charge >= 0.3 is 0 Å². The van der Waals surface area contributed by atoms with E-state index >= 15 is 4.79 Å². The summed E-state index contributed by atoms with van der Waals surface area (Å²) < 4.78 is 0. The van der Waals surface area contributed by atoms with Crippen LogP contribution >= 0.6 is 0 Å². The fourth-order valence-corrected chi connectivity index (χ4v) is 10.8. The van der Waals surface area contributed by atoms with Crippen molar-refractivity contribution in [3.05, 3.63) is 237 Å². The summed E-state index contributed by atoms with van der Waals surface area (Å²) in [7, 11) is 0. The normalized spacial score (nSPS) is 16.7. The Morgan fingerprint density at radius 1 is 0.321 bits per heavy atom. The van der Waals surface area contributed by atoms with Gasteiger partial charge in [-0.1, -0.05) is 169 Å². The Kier molecular flexibility index (Phi) is 5.51. The van der Waals surface area contributed by atoms with Crippen molar-refractivity contribution in [2.45, 2.75) is 17.8 Å². The van der Waals surface area contributed by atoms with E-state index in [9.17, 15) is 0 Å². The summed E-state index contributed by atoms with van der Waals surface area (Å²) in [6.45, 7) is 2.18. The average Bonchev–Trinajstić information content (AvgIpc) is 3.89. The summed E-state index contributed by atoms with van der Waals surface area (Å²) in [5.41, 5.74) is 21.7. The van der Waals surface area contributed by atoms with E-state index in [1.807, 2.05) is 12.1 Å². The van der Waals surface area contributed by atoms with Crippen LogP contribution in [-0.4, -0.2) is 5.78 Å². The molecule has 12 rings (SSSR count). The highest BCUT2D eigenvalue weighted by atomic mass is 16.1. The molecule has 0 bridgehead atoms. The Morgan fingerprint density at radius 2 is 0.604 bits per heavy atom. The van der Waals surface area contributed by atoms with E-state index in [1.165, 1.54) is 94.6 Å². The molecule has 0 aromatic heterocycles. The highest BCUT2D eigenvalue weighted by Crippen LogP contribution is 2.64. The summed E-state index contributed by atoms with van der Waals surface area (Å²) in [5, 5.41) is 0. The van der Waals surface area contributed by atoms with Gasteiger partial charge in [-0.05, 0) is 108 Å². The number of hydrogen-bond acceptors (Lipinski definition) is 1. The molecule has 246 valence electrons. The molecule has 53 heavy (non-hydrogen) atoms. The van der Waals surface area contributed by atoms with Crippen LogP contribution in [0.25, 0.3) is 44.5 Å². The molecule has 1 heteroatoms. The van der Waals surface area contributed by atoms with Crippen molar-refractivity contribution in [3.63, 3.8) is 0 Å². The van der Waals surface area contributed by atoms with Crippen molar-refractivity contribution in [3.8, 4) is 44.5 Å². The number of carbonyl (C=O) groups excluding carboxylic acids is 1. The van der Waals surface area contributed by atoms with Crippen LogP contribution in [0.1, 0.15) is 66.0 Å². The third-order valence-corrected chi connectivity index (χ3v) is 12.8. The lowest BCUT2D eigenvalue weighted by molar-refractivity contribution is 0.103. The average molecular weight is 673 g/mol. The molecule has 1 unspecified atom stereocenters. The molecule has 0 radical (unpaired) electrons. The fourth-order valence-electron chi connectivity index (χ4n) is 10.8. The van der Waals surface area contributed by atoms with Gasteiger partial charge in [0, 0.05) is 11.1 Å². The van der Waals surface area contributed by atoms with Crippen LogP contribution in [-0.2, 0) is 10.8 Å². The van der Waals surface area contributed by atoms with Crippen molar-refractivity contribution >= 4 is 5.78 Å². The standard InChI is InChI=1S/C52H32O/c1-31-22-25-39-36-14-5-10-20-45(36)52(47(39)28-31)46-21-11-6-16-38(46)41-27-24-33(30-49(41)52)50(53)32-23-26-40-37-15-4-9-19-44(37)51(48(40)29-32)42-17-7-2-12-34(42)35-13-3-8-18-43(35)51/h2-30H,1H3. The summed E-state index contributed by atoms with van der Waals surface area (Å²) in [4.78, 5) is 15.0. The van der Waals surface area contributed by atoms with Gasteiger partial charge in [-0.3, -0.25) is 4.79 Å². The third kappa shape index (κ3) is 3.37. The predicted molar refractivity (Wildman–Crippen MR) is 214 cm³/mol. The van der Waals surface area contributed by atoms with Gasteiger partial charge in [0.15, 0.2) is 5.78 Å². The van der Waals surface area contributed by atoms with Crippen molar-refractivity contribution in [2.24, 2.45) is 0 Å². The van der Waals surface area contributed by atoms with Gasteiger partial charge in [-0.15, -0.1) is 0 Å². The van der Waals surface area contributed by atoms with E-state index in [0.717, 1.165) is 0 Å². The monoisotopic (exact) mass is 672 g/mol. The second-order valence-electron chi connectivity index (χ2n) is 15.1. The Morgan fingerprint density at radius 3 is 0.981 bits per heavy atom. The first-order chi connectivity index (χ1) is 26.1. The van der Waals surface area contributed by atoms with Crippen LogP contribution in [0.4, 0.5) is 0 Å². The zero-order valence-electron chi connectivity index (χ0n) is 29.2. The summed E-state index contributed by atoms with van der Waals surface area (Å²) in [6, 6.07) is 63.9. The number of benzene rings is 8. The van der Waals surface area contributed by atoms with Gasteiger partial charge in [0.25, 0.3) is 0 Å². The molecule has 0 heterocycles. The highest BCUT2D eigenvalue weighted by Gasteiger charge is 2.53. The molecular weight excluding hydrogens is 641 g/mol. The van der Waals surface area contributed by atoms with Gasteiger partial charge in [0.2, 0.25) is 0 Å². The van der Waals surface area contributed by atoms with Crippen LogP contribution in [0.15, 0.2) is 176 Å². The smallest absolute Gasteiger partial charge is 0.193 e. The van der Waals surface area contributed by atoms with Crippen LogP contribution in [0.5, 0.6) is 0 Å². The predicted octanol–water partition coefficient (Wildman–Crippen LogP) is 11.9. The molecular formula is C52H32O. The molecule has 1 atom stereocenters. The largest absolute Gasteiger partial charge is 0.289 e. The van der Waals surface area contributed by atoms with E-state index < -0.39 is 10.8 Å². The first kappa shape index (κ1) is 29.1. The van der Waals surface area contributed by atoms with E-state index in [-0.39, 0.29) is 5.78 Å². The van der Waals surface area contributed by atoms with Gasteiger partial charge in [0.1, 0.15) is 0 Å². The maximum atomic E-state index is 15.0. The second kappa shape index (κ2) is 10.1. The molecule has 2 spiro atoms. The molecule has 0 saturated heterocycles. The number of hydrogen-bond donors (Lipinski definition) is 0. The minimum atomic E-state index is -0.499. The van der Waals surface area contributed by atoms with Crippen molar-refractivity contribution in [1.82, 2.24) is 0 Å². The Balaban J connectivity index is 1.08. The molecule has 0 fully saturated rings. The van der Waals surface area contributed by atoms with Crippen LogP contribution in [0.3, 0.4) is 0 Å². The van der Waals surface area contributed by atoms with Crippen molar-refractivity contribution in [1.29, 1.82) is 0 Å². The SMILES string of the molecule is Cc1ccc2c(c1)C1(c3ccccc3-2)c2ccccc2-c2ccc(C(=O)c3ccc4c(c3)C3(c5ccccc5-c5ccccc53)c3ccccc3-4)cc21. The molecule has 0 amide bonds. The third-order valence-electron chi connectivity index (χ3n) is 12.8. The number of rotatable bonds is 2. The highest BCUT2D eigenvalue weighted by molar-refractivity contribution is 6.11. The Bertz CT molecular complexity index is 2870. The number of aryl methyl sites for hydroxylation is 1. The lowest BCUT2D eigenvalue weighted by Crippen LogP contribution is -2.26. The van der Waals surface area contributed by atoms with Gasteiger partial charge in [-0.25, -0.2) is 0 Å². The van der Waals surface area contributed by atoms with Gasteiger partial charge < -0.3 is 0 Å². The molecule has 0 N–H and O–H groups in total. The lowest BCUT2D eigenvalue weighted by Gasteiger charge is -2.31. The Labute approximate surface area is 308 Å². The van der Waals surface area contributed by atoms with Gasteiger partial charge in [-0.2, -0.15) is 0 Å². The zero-order valence-corrected chi connectivity index (χ0v) is 29.2. The van der Waals surface area contributed by atoms with E-state index in [2.05, 4.69) is 171 Å². The maximum Gasteiger partial charge on any atom is 0.193 e. The van der Waals surface area contributed by atoms with Gasteiger partial charge in [0.05, 0.1) is 10.8 Å². The minimum Gasteiger partial charge on any atom is -0.289 e. The van der Waals surface area contributed by atoms with E-state index in [0.29, 0.717) is 11.1 Å². The molecule has 4 aliphatic rings. The number of carbonyl (C=O) groups is 1. The first-order valence-electron chi connectivity index (χ1n) is 18.6. The number of ketones is 1. The Hall–Kier alpha value is -6.57. The number of fused-ring (bicyclic) bond motifs is 20. The van der Waals surface area contributed by atoms with Crippen LogP contribution in [0.2, 0.25) is 0 Å². The molecule has 0 saturated carbocycles. The quantitative estimate of drug-likeness (QED) is 0.167. The van der Waals surface area contributed by atoms with Crippen LogP contribution in [0, 0.1) is 6.92 Å². The lowest BCUT2D eigenvalue weighted by atomic mass is 9.70. The zero-order chi connectivity index (χ0) is 35.1. The topological polar surface area (TPSA) is 17.1 Å². The molecule has 1 nitrogen and oxygen atoms in total. The maximum absolute atomic E-state index is 15.0. The molecule has 0 aliphatic heterocycles. The minimum absolute atomic E-state index is 0.0446. The van der Waals surface area contributed by atoms with Crippen molar-refractivity contribution < 1.29 is 4.79 Å². The van der Waals surface area contributed by atoms with E-state index in [4.69, 9.17) is 0 Å². The molecule has 4 aliphatic carbocycles. The second-order valence-corrected chi connectivity index (χ2v) is 15.1. The molecule has 8 aromatic rings. The summed E-state index contributed by atoms with van der Waals surface area (Å²) in [5.74, 6) is 0.0446. The summed E-state index contributed by atoms with van der Waals surface area (Å²) >= 11 is 0. The molecule has 8 aromatic carbocycles. The van der Waals surface area contributed by atoms with Crippen LogP contribution < -0.4 is 0 Å². The van der Waals surface area contributed by atoms with Crippen molar-refractivity contribution in [2.75, 3.05) is 0 Å². The summed E-state index contributed by atoms with van der Waals surface area (Å²) in [6.07, 6.45) is 0. The fraction of sp³-hybridized carbons (Fsp3) is 0.0577. The van der Waals surface area contributed by atoms with E-state index in [1.54, 1.807) is 0 Å². The first-order valence-corrected chi connectivity index (χ1v) is 18.6.